The second-order valence-electron chi connectivity index (χ2n) is 5.20. The lowest BCUT2D eigenvalue weighted by molar-refractivity contribution is -0.142. The van der Waals surface area contributed by atoms with E-state index in [4.69, 9.17) is 4.74 Å². The van der Waals surface area contributed by atoms with E-state index in [1.807, 2.05) is 54.4 Å². The van der Waals surface area contributed by atoms with Crippen molar-refractivity contribution in [1.29, 1.82) is 0 Å². The van der Waals surface area contributed by atoms with Crippen LogP contribution in [0.25, 0.3) is 0 Å². The van der Waals surface area contributed by atoms with E-state index in [1.165, 1.54) is 0 Å². The van der Waals surface area contributed by atoms with Gasteiger partial charge in [-0.15, -0.1) is 0 Å². The highest BCUT2D eigenvalue weighted by molar-refractivity contribution is 6.08. The number of ether oxygens (including phenoxy) is 1. The first-order valence-electron chi connectivity index (χ1n) is 7.26. The summed E-state index contributed by atoms with van der Waals surface area (Å²) in [5.74, 6) is -0.439. The normalized spacial score (nSPS) is 10.3. The van der Waals surface area contributed by atoms with Gasteiger partial charge in [0.1, 0.15) is 6.73 Å². The molecule has 0 aliphatic rings. The maximum Gasteiger partial charge on any atom is 0.331 e. The maximum absolute atomic E-state index is 12.3. The Morgan fingerprint density at radius 2 is 1.65 bits per heavy atom. The van der Waals surface area contributed by atoms with Crippen molar-refractivity contribution in [2.75, 3.05) is 13.8 Å². The van der Waals surface area contributed by atoms with Crippen molar-refractivity contribution in [1.82, 2.24) is 4.90 Å². The fourth-order valence-corrected chi connectivity index (χ4v) is 2.11. The Hall–Kier alpha value is -2.72. The Morgan fingerprint density at radius 1 is 1.04 bits per heavy atom. The van der Waals surface area contributed by atoms with Gasteiger partial charge >= 0.3 is 5.97 Å². The highest BCUT2D eigenvalue weighted by Gasteiger charge is 2.09. The monoisotopic (exact) mass is 309 g/mol. The zero-order valence-corrected chi connectivity index (χ0v) is 13.1. The SMILES string of the molecule is C=CC(=O)OCN(C)Cc1ccc(C(=O)c2ccccc2)cc1. The van der Waals surface area contributed by atoms with E-state index in [1.54, 1.807) is 12.1 Å². The predicted molar refractivity (Wildman–Crippen MR) is 88.9 cm³/mol. The first-order valence-corrected chi connectivity index (χ1v) is 7.26. The lowest BCUT2D eigenvalue weighted by Crippen LogP contribution is -2.22. The summed E-state index contributed by atoms with van der Waals surface area (Å²) in [4.78, 5) is 25.2. The van der Waals surface area contributed by atoms with Crippen LogP contribution in [0.15, 0.2) is 67.3 Å². The van der Waals surface area contributed by atoms with Crippen LogP contribution in [0, 0.1) is 0 Å². The van der Waals surface area contributed by atoms with E-state index in [2.05, 4.69) is 6.58 Å². The Bertz CT molecular complexity index is 678. The third-order valence-electron chi connectivity index (χ3n) is 3.30. The number of ketones is 1. The van der Waals surface area contributed by atoms with Crippen LogP contribution in [-0.4, -0.2) is 30.4 Å². The predicted octanol–water partition coefficient (Wildman–Crippen LogP) is 3.04. The number of benzene rings is 2. The molecular formula is C19H19NO3. The quantitative estimate of drug-likeness (QED) is 0.341. The van der Waals surface area contributed by atoms with Crippen LogP contribution in [-0.2, 0) is 16.1 Å². The zero-order chi connectivity index (χ0) is 16.7. The molecule has 0 unspecified atom stereocenters. The molecule has 0 heterocycles. The first-order chi connectivity index (χ1) is 11.1. The first kappa shape index (κ1) is 16.6. The Labute approximate surface area is 136 Å². The highest BCUT2D eigenvalue weighted by Crippen LogP contribution is 2.12. The molecule has 0 atom stereocenters. The molecule has 23 heavy (non-hydrogen) atoms. The van der Waals surface area contributed by atoms with E-state index in [9.17, 15) is 9.59 Å². The van der Waals surface area contributed by atoms with Crippen LogP contribution >= 0.6 is 0 Å². The van der Waals surface area contributed by atoms with E-state index < -0.39 is 5.97 Å². The van der Waals surface area contributed by atoms with Crippen molar-refractivity contribution in [2.45, 2.75) is 6.54 Å². The van der Waals surface area contributed by atoms with Gasteiger partial charge in [-0.2, -0.15) is 0 Å². The summed E-state index contributed by atoms with van der Waals surface area (Å²) in [6, 6.07) is 16.6. The molecule has 0 amide bonds. The van der Waals surface area contributed by atoms with Crippen molar-refractivity contribution >= 4 is 11.8 Å². The van der Waals surface area contributed by atoms with E-state index >= 15 is 0 Å². The molecule has 0 aromatic heterocycles. The molecular weight excluding hydrogens is 290 g/mol. The molecule has 4 nitrogen and oxygen atoms in total. The number of hydrogen-bond acceptors (Lipinski definition) is 4. The zero-order valence-electron chi connectivity index (χ0n) is 13.1. The second kappa shape index (κ2) is 8.06. The standard InChI is InChI=1S/C19H19NO3/c1-3-18(21)23-14-20(2)13-15-9-11-17(12-10-15)19(22)16-7-5-4-6-8-16/h3-12H,1,13-14H2,2H3. The smallest absolute Gasteiger partial charge is 0.331 e. The second-order valence-corrected chi connectivity index (χ2v) is 5.20. The molecule has 0 radical (unpaired) electrons. The molecule has 0 bridgehead atoms. The Balaban J connectivity index is 1.95. The highest BCUT2D eigenvalue weighted by atomic mass is 16.5. The van der Waals surface area contributed by atoms with Crippen LogP contribution in [0.3, 0.4) is 0 Å². The molecule has 2 aromatic carbocycles. The molecule has 0 spiro atoms. The third kappa shape index (κ3) is 4.90. The van der Waals surface area contributed by atoms with E-state index in [0.29, 0.717) is 17.7 Å². The summed E-state index contributed by atoms with van der Waals surface area (Å²) in [5, 5.41) is 0. The van der Waals surface area contributed by atoms with Crippen molar-refractivity contribution in [3.63, 3.8) is 0 Å². The van der Waals surface area contributed by atoms with Crippen LogP contribution in [0.4, 0.5) is 0 Å². The van der Waals surface area contributed by atoms with Crippen LogP contribution in [0.2, 0.25) is 0 Å². The van der Waals surface area contributed by atoms with Gasteiger partial charge in [-0.3, -0.25) is 9.69 Å². The number of hydrogen-bond donors (Lipinski definition) is 0. The van der Waals surface area contributed by atoms with Gasteiger partial charge in [0.25, 0.3) is 0 Å². The minimum absolute atomic E-state index is 0.00502. The number of esters is 1. The molecule has 0 aliphatic heterocycles. The van der Waals surface area contributed by atoms with Crippen LogP contribution < -0.4 is 0 Å². The van der Waals surface area contributed by atoms with Crippen molar-refractivity contribution in [3.05, 3.63) is 83.9 Å². The Kier molecular flexibility index (Phi) is 5.83. The van der Waals surface area contributed by atoms with Crippen LogP contribution in [0.1, 0.15) is 21.5 Å². The summed E-state index contributed by atoms with van der Waals surface area (Å²) in [6.45, 7) is 4.15. The van der Waals surface area contributed by atoms with E-state index in [-0.39, 0.29) is 12.5 Å². The number of nitrogens with zero attached hydrogens (tertiary/aromatic N) is 1. The van der Waals surface area contributed by atoms with Crippen molar-refractivity contribution in [3.8, 4) is 0 Å². The summed E-state index contributed by atoms with van der Waals surface area (Å²) in [6.07, 6.45) is 1.14. The van der Waals surface area contributed by atoms with Gasteiger partial charge in [0.15, 0.2) is 5.78 Å². The van der Waals surface area contributed by atoms with Gasteiger partial charge in [-0.05, 0) is 12.6 Å². The topological polar surface area (TPSA) is 46.6 Å². The summed E-state index contributed by atoms with van der Waals surface area (Å²) < 4.78 is 4.96. The average Bonchev–Trinajstić information content (AvgIpc) is 2.60. The molecule has 4 heteroatoms. The van der Waals surface area contributed by atoms with Gasteiger partial charge in [-0.25, -0.2) is 4.79 Å². The van der Waals surface area contributed by atoms with Gasteiger partial charge in [0.2, 0.25) is 0 Å². The minimum atomic E-state index is -0.444. The van der Waals surface area contributed by atoms with Gasteiger partial charge in [-0.1, -0.05) is 61.2 Å². The number of carbonyl (C=O) groups excluding carboxylic acids is 2. The summed E-state index contributed by atoms with van der Waals surface area (Å²) in [5.41, 5.74) is 2.36. The third-order valence-corrected chi connectivity index (χ3v) is 3.30. The van der Waals surface area contributed by atoms with Gasteiger partial charge < -0.3 is 4.74 Å². The molecule has 2 aromatic rings. The molecule has 0 N–H and O–H groups in total. The largest absolute Gasteiger partial charge is 0.446 e. The van der Waals surface area contributed by atoms with Crippen molar-refractivity contribution in [2.24, 2.45) is 0 Å². The lowest BCUT2D eigenvalue weighted by Gasteiger charge is -2.16. The number of carbonyl (C=O) groups is 2. The minimum Gasteiger partial charge on any atom is -0.446 e. The number of rotatable bonds is 7. The molecule has 2 rings (SSSR count). The fraction of sp³-hybridized carbons (Fsp3) is 0.158. The molecule has 0 fully saturated rings. The van der Waals surface area contributed by atoms with Crippen LogP contribution in [0.5, 0.6) is 0 Å². The van der Waals surface area contributed by atoms with E-state index in [0.717, 1.165) is 11.6 Å². The summed E-state index contributed by atoms with van der Waals surface area (Å²) >= 11 is 0. The fourth-order valence-electron chi connectivity index (χ4n) is 2.11. The average molecular weight is 309 g/mol. The maximum atomic E-state index is 12.3. The van der Waals surface area contributed by atoms with Crippen molar-refractivity contribution < 1.29 is 14.3 Å². The molecule has 118 valence electrons. The summed E-state index contributed by atoms with van der Waals surface area (Å²) in [7, 11) is 1.85. The Morgan fingerprint density at radius 3 is 2.26 bits per heavy atom. The lowest BCUT2D eigenvalue weighted by atomic mass is 10.0. The van der Waals surface area contributed by atoms with Gasteiger partial charge in [0, 0.05) is 23.7 Å². The van der Waals surface area contributed by atoms with Gasteiger partial charge in [0.05, 0.1) is 0 Å². The molecule has 0 saturated carbocycles. The molecule has 0 aliphatic carbocycles. The molecule has 0 saturated heterocycles.